The zero-order valence-electron chi connectivity index (χ0n) is 12.1. The van der Waals surface area contributed by atoms with E-state index in [1.807, 2.05) is 6.92 Å². The molecule has 0 aliphatic heterocycles. The van der Waals surface area contributed by atoms with Gasteiger partial charge < -0.3 is 10.2 Å². The number of carbonyl (C=O) groups is 1. The van der Waals surface area contributed by atoms with E-state index in [-0.39, 0.29) is 17.4 Å². The van der Waals surface area contributed by atoms with Crippen molar-refractivity contribution in [2.75, 3.05) is 26.5 Å². The van der Waals surface area contributed by atoms with E-state index in [0.717, 1.165) is 18.9 Å². The van der Waals surface area contributed by atoms with Gasteiger partial charge in [-0.05, 0) is 32.9 Å². The molecule has 1 fully saturated rings. The zero-order chi connectivity index (χ0) is 13.8. The number of amides is 1. The third kappa shape index (κ3) is 3.86. The van der Waals surface area contributed by atoms with E-state index in [9.17, 15) is 4.79 Å². The molecule has 0 radical (unpaired) electrons. The molecular weight excluding hydrogens is 248 g/mol. The highest BCUT2D eigenvalue weighted by atomic mass is 35.5. The van der Waals surface area contributed by atoms with Crippen molar-refractivity contribution < 1.29 is 4.79 Å². The average molecular weight is 275 g/mol. The number of nitrogens with zero attached hydrogens (tertiary/aromatic N) is 1. The zero-order valence-corrected chi connectivity index (χ0v) is 12.9. The first-order chi connectivity index (χ1) is 8.41. The summed E-state index contributed by atoms with van der Waals surface area (Å²) in [4.78, 5) is 14.1. The van der Waals surface area contributed by atoms with Gasteiger partial charge in [0.15, 0.2) is 0 Å². The first-order valence-electron chi connectivity index (χ1n) is 6.92. The second-order valence-electron chi connectivity index (χ2n) is 6.09. The molecule has 3 unspecified atom stereocenters. The molecule has 1 rings (SSSR count). The first kappa shape index (κ1) is 15.8. The molecule has 4 heteroatoms. The van der Waals surface area contributed by atoms with Crippen molar-refractivity contribution in [3.63, 3.8) is 0 Å². The molecule has 0 saturated heterocycles. The molecule has 3 nitrogen and oxygen atoms in total. The molecule has 1 amide bonds. The van der Waals surface area contributed by atoms with Gasteiger partial charge in [-0.15, -0.1) is 11.6 Å². The van der Waals surface area contributed by atoms with Crippen molar-refractivity contribution in [2.24, 2.45) is 11.8 Å². The third-order valence-corrected chi connectivity index (χ3v) is 4.75. The van der Waals surface area contributed by atoms with Gasteiger partial charge >= 0.3 is 0 Å². The molecule has 1 aliphatic rings. The fourth-order valence-electron chi connectivity index (χ4n) is 2.85. The number of likely N-dealkylation sites (N-methyl/N-ethyl adjacent to an activating group) is 1. The Kier molecular flexibility index (Phi) is 5.93. The largest absolute Gasteiger partial charge is 0.354 e. The van der Waals surface area contributed by atoms with Crippen molar-refractivity contribution in [2.45, 2.75) is 45.1 Å². The van der Waals surface area contributed by atoms with E-state index in [0.29, 0.717) is 5.88 Å². The van der Waals surface area contributed by atoms with Gasteiger partial charge in [0.25, 0.3) is 0 Å². The van der Waals surface area contributed by atoms with Crippen LogP contribution in [0.25, 0.3) is 0 Å². The SMILES string of the molecule is CC1CCCC(CNC(=O)C(C)CCl)(N(C)C)C1. The Morgan fingerprint density at radius 1 is 1.56 bits per heavy atom. The summed E-state index contributed by atoms with van der Waals surface area (Å²) in [5, 5.41) is 3.08. The van der Waals surface area contributed by atoms with Crippen LogP contribution in [0.2, 0.25) is 0 Å². The minimum Gasteiger partial charge on any atom is -0.354 e. The summed E-state index contributed by atoms with van der Waals surface area (Å²) in [6.45, 7) is 4.92. The number of nitrogens with one attached hydrogen (secondary N) is 1. The third-order valence-electron chi connectivity index (χ3n) is 4.29. The van der Waals surface area contributed by atoms with E-state index >= 15 is 0 Å². The smallest absolute Gasteiger partial charge is 0.224 e. The molecular formula is C14H27ClN2O. The predicted molar refractivity (Wildman–Crippen MR) is 76.9 cm³/mol. The van der Waals surface area contributed by atoms with Gasteiger partial charge in [0, 0.05) is 23.9 Å². The molecule has 1 saturated carbocycles. The Balaban J connectivity index is 2.61. The summed E-state index contributed by atoms with van der Waals surface area (Å²) in [5.41, 5.74) is 0.124. The number of rotatable bonds is 5. The van der Waals surface area contributed by atoms with Crippen LogP contribution in [0.15, 0.2) is 0 Å². The average Bonchev–Trinajstić information content (AvgIpc) is 2.34. The Hall–Kier alpha value is -0.280. The molecule has 0 bridgehead atoms. The van der Waals surface area contributed by atoms with Gasteiger partial charge in [0.05, 0.1) is 0 Å². The van der Waals surface area contributed by atoms with E-state index in [1.54, 1.807) is 0 Å². The minimum absolute atomic E-state index is 0.0736. The number of hydrogen-bond acceptors (Lipinski definition) is 2. The quantitative estimate of drug-likeness (QED) is 0.782. The number of carbonyl (C=O) groups excluding carboxylic acids is 1. The molecule has 106 valence electrons. The number of hydrogen-bond donors (Lipinski definition) is 1. The topological polar surface area (TPSA) is 32.3 Å². The second kappa shape index (κ2) is 6.76. The van der Waals surface area contributed by atoms with Crippen molar-refractivity contribution in [1.82, 2.24) is 10.2 Å². The van der Waals surface area contributed by atoms with Crippen LogP contribution in [0, 0.1) is 11.8 Å². The lowest BCUT2D eigenvalue weighted by Gasteiger charge is -2.45. The van der Waals surface area contributed by atoms with Crippen LogP contribution in [-0.2, 0) is 4.79 Å². The Labute approximate surface area is 116 Å². The van der Waals surface area contributed by atoms with Crippen LogP contribution in [-0.4, -0.2) is 42.9 Å². The van der Waals surface area contributed by atoms with Crippen LogP contribution in [0.3, 0.4) is 0 Å². The molecule has 0 aromatic heterocycles. The van der Waals surface area contributed by atoms with Crippen LogP contribution < -0.4 is 5.32 Å². The molecule has 18 heavy (non-hydrogen) atoms. The van der Waals surface area contributed by atoms with Gasteiger partial charge in [-0.2, -0.15) is 0 Å². The predicted octanol–water partition coefficient (Wildman–Crippen LogP) is 2.49. The summed E-state index contributed by atoms with van der Waals surface area (Å²) in [6, 6.07) is 0. The molecule has 1 N–H and O–H groups in total. The molecule has 1 aliphatic carbocycles. The van der Waals surface area contributed by atoms with Gasteiger partial charge in [-0.25, -0.2) is 0 Å². The van der Waals surface area contributed by atoms with Crippen LogP contribution in [0.4, 0.5) is 0 Å². The lowest BCUT2D eigenvalue weighted by atomic mass is 9.75. The molecule has 3 atom stereocenters. The van der Waals surface area contributed by atoms with Crippen molar-refractivity contribution in [1.29, 1.82) is 0 Å². The van der Waals surface area contributed by atoms with Crippen LogP contribution >= 0.6 is 11.6 Å². The Morgan fingerprint density at radius 3 is 2.72 bits per heavy atom. The summed E-state index contributed by atoms with van der Waals surface area (Å²) in [7, 11) is 4.24. The van der Waals surface area contributed by atoms with Crippen LogP contribution in [0.1, 0.15) is 39.5 Å². The van der Waals surface area contributed by atoms with E-state index in [1.165, 1.54) is 19.3 Å². The summed E-state index contributed by atoms with van der Waals surface area (Å²) in [5.74, 6) is 1.09. The number of halogens is 1. The van der Waals surface area contributed by atoms with E-state index < -0.39 is 0 Å². The molecule has 0 heterocycles. The maximum absolute atomic E-state index is 11.8. The second-order valence-corrected chi connectivity index (χ2v) is 6.40. The minimum atomic E-state index is -0.105. The summed E-state index contributed by atoms with van der Waals surface area (Å²) in [6.07, 6.45) is 4.89. The van der Waals surface area contributed by atoms with Crippen molar-refractivity contribution in [3.05, 3.63) is 0 Å². The molecule has 0 aromatic carbocycles. The highest BCUT2D eigenvalue weighted by Gasteiger charge is 2.37. The normalized spacial score (nSPS) is 30.2. The Morgan fingerprint density at radius 2 is 2.22 bits per heavy atom. The van der Waals surface area contributed by atoms with Gasteiger partial charge in [-0.1, -0.05) is 26.7 Å². The van der Waals surface area contributed by atoms with E-state index in [4.69, 9.17) is 11.6 Å². The highest BCUT2D eigenvalue weighted by Crippen LogP contribution is 2.35. The van der Waals surface area contributed by atoms with Crippen LogP contribution in [0.5, 0.6) is 0 Å². The fraction of sp³-hybridized carbons (Fsp3) is 0.929. The van der Waals surface area contributed by atoms with Gasteiger partial charge in [-0.3, -0.25) is 4.79 Å². The summed E-state index contributed by atoms with van der Waals surface area (Å²) >= 11 is 5.72. The van der Waals surface area contributed by atoms with Crippen molar-refractivity contribution in [3.8, 4) is 0 Å². The fourth-order valence-corrected chi connectivity index (χ4v) is 2.99. The van der Waals surface area contributed by atoms with Gasteiger partial charge in [0.1, 0.15) is 0 Å². The van der Waals surface area contributed by atoms with Crippen molar-refractivity contribution >= 4 is 17.5 Å². The highest BCUT2D eigenvalue weighted by molar-refractivity contribution is 6.19. The maximum atomic E-state index is 11.8. The van der Waals surface area contributed by atoms with E-state index in [2.05, 4.69) is 31.2 Å². The maximum Gasteiger partial charge on any atom is 0.224 e. The Bertz CT molecular complexity index is 283. The molecule has 0 spiro atoms. The lowest BCUT2D eigenvalue weighted by molar-refractivity contribution is -0.124. The standard InChI is InChI=1S/C14H27ClN2O/c1-11-6-5-7-14(8-11,17(3)4)10-16-13(18)12(2)9-15/h11-12H,5-10H2,1-4H3,(H,16,18). The summed E-state index contributed by atoms with van der Waals surface area (Å²) < 4.78 is 0. The number of alkyl halides is 1. The molecule has 0 aromatic rings. The first-order valence-corrected chi connectivity index (χ1v) is 7.46. The van der Waals surface area contributed by atoms with Gasteiger partial charge in [0.2, 0.25) is 5.91 Å². The monoisotopic (exact) mass is 274 g/mol. The lowest BCUT2D eigenvalue weighted by Crippen LogP contribution is -2.55.